The van der Waals surface area contributed by atoms with Gasteiger partial charge in [-0.15, -0.1) is 0 Å². The summed E-state index contributed by atoms with van der Waals surface area (Å²) >= 11 is 3.53. The lowest BCUT2D eigenvalue weighted by Gasteiger charge is -2.33. The molecule has 0 aliphatic rings. The van der Waals surface area contributed by atoms with E-state index in [0.29, 0.717) is 19.6 Å². The summed E-state index contributed by atoms with van der Waals surface area (Å²) in [5, 5.41) is 3.08. The normalized spacial score (nSPS) is 13.1. The van der Waals surface area contributed by atoms with E-state index < -0.39 is 0 Å². The third kappa shape index (κ3) is 9.62. The fourth-order valence-corrected chi connectivity index (χ4v) is 4.40. The number of rotatable bonds is 13. The number of hydrogen-bond donors (Lipinski definition) is 2. The van der Waals surface area contributed by atoms with Crippen LogP contribution in [0.2, 0.25) is 0 Å². The molecule has 1 unspecified atom stereocenters. The van der Waals surface area contributed by atoms with Gasteiger partial charge in [0.15, 0.2) is 0 Å². The number of nitrogens with two attached hydrogens (primary N) is 1. The Labute approximate surface area is 213 Å². The number of nitrogens with zero attached hydrogens (tertiary/aromatic N) is 3. The molecule has 7 nitrogen and oxygen atoms in total. The van der Waals surface area contributed by atoms with Crippen molar-refractivity contribution in [3.05, 3.63) is 58.6 Å². The van der Waals surface area contributed by atoms with Gasteiger partial charge >= 0.3 is 6.03 Å². The summed E-state index contributed by atoms with van der Waals surface area (Å²) in [4.78, 5) is 19.8. The lowest BCUT2D eigenvalue weighted by atomic mass is 9.97. The summed E-state index contributed by atoms with van der Waals surface area (Å²) in [7, 11) is 9.88. The largest absolute Gasteiger partial charge is 0.497 e. The average molecular weight is 535 g/mol. The Morgan fingerprint density at radius 2 is 1.56 bits per heavy atom. The number of methoxy groups -OCH3 is 1. The molecule has 2 aromatic rings. The Bertz CT molecular complexity index is 858. The van der Waals surface area contributed by atoms with Gasteiger partial charge in [0.1, 0.15) is 5.75 Å². The Hall–Kier alpha value is -2.13. The van der Waals surface area contributed by atoms with Gasteiger partial charge in [0.05, 0.1) is 7.11 Å². The van der Waals surface area contributed by atoms with Gasteiger partial charge in [-0.05, 0) is 89.0 Å². The van der Waals surface area contributed by atoms with Crippen LogP contribution < -0.4 is 15.8 Å². The molecule has 0 spiro atoms. The van der Waals surface area contributed by atoms with Crippen molar-refractivity contribution < 1.29 is 9.53 Å². The molecule has 0 bridgehead atoms. The molecule has 0 radical (unpaired) electrons. The molecule has 0 aliphatic heterocycles. The van der Waals surface area contributed by atoms with Crippen molar-refractivity contribution in [1.29, 1.82) is 0 Å². The zero-order valence-electron chi connectivity index (χ0n) is 21.1. The number of anilines is 1. The molecule has 34 heavy (non-hydrogen) atoms. The minimum Gasteiger partial charge on any atom is -0.497 e. The van der Waals surface area contributed by atoms with Crippen LogP contribution in [0.3, 0.4) is 0 Å². The van der Waals surface area contributed by atoms with Gasteiger partial charge in [-0.1, -0.05) is 28.1 Å². The topological polar surface area (TPSA) is 74.1 Å². The van der Waals surface area contributed by atoms with Crippen LogP contribution in [0, 0.1) is 5.92 Å². The van der Waals surface area contributed by atoms with Gasteiger partial charge in [0, 0.05) is 42.3 Å². The van der Waals surface area contributed by atoms with Gasteiger partial charge in [0.25, 0.3) is 0 Å². The van der Waals surface area contributed by atoms with Gasteiger partial charge < -0.3 is 30.5 Å². The van der Waals surface area contributed by atoms with Crippen molar-refractivity contribution in [3.8, 4) is 5.75 Å². The van der Waals surface area contributed by atoms with E-state index in [-0.39, 0.29) is 17.9 Å². The fraction of sp³-hybridized carbons (Fsp3) is 0.500. The molecule has 0 aliphatic carbocycles. The molecule has 0 saturated carbocycles. The first-order valence-electron chi connectivity index (χ1n) is 11.7. The van der Waals surface area contributed by atoms with Crippen LogP contribution in [0.4, 0.5) is 10.5 Å². The first kappa shape index (κ1) is 28.1. The highest BCUT2D eigenvalue weighted by molar-refractivity contribution is 9.10. The molecule has 0 saturated heterocycles. The van der Waals surface area contributed by atoms with Crippen LogP contribution in [0.1, 0.15) is 17.9 Å². The first-order valence-corrected chi connectivity index (χ1v) is 12.5. The molecule has 0 fully saturated rings. The maximum atomic E-state index is 13.5. The standard InChI is InChI=1S/C26H40BrN5O2/c1-30(2)16-20(14-15-28)17-32(26(33)29-24-10-12-25(34-5)13-11-24)19-22(18-31(3)4)21-6-8-23(27)9-7-21/h6-13,20,22H,14-19,28H2,1-5H3,(H,29,33)/t20?,22-/m0/s1. The van der Waals surface area contributed by atoms with Crippen LogP contribution in [0.15, 0.2) is 53.0 Å². The maximum absolute atomic E-state index is 13.5. The highest BCUT2D eigenvalue weighted by Gasteiger charge is 2.24. The van der Waals surface area contributed by atoms with E-state index in [4.69, 9.17) is 10.5 Å². The minimum absolute atomic E-state index is 0.105. The molecule has 2 amide bonds. The number of nitrogens with one attached hydrogen (secondary N) is 1. The number of ether oxygens (including phenoxy) is 1. The van der Waals surface area contributed by atoms with Crippen molar-refractivity contribution in [2.24, 2.45) is 11.7 Å². The monoisotopic (exact) mass is 533 g/mol. The van der Waals surface area contributed by atoms with E-state index in [1.807, 2.05) is 29.2 Å². The smallest absolute Gasteiger partial charge is 0.321 e. The molecule has 0 heterocycles. The molecule has 0 aromatic heterocycles. The number of hydrogen-bond acceptors (Lipinski definition) is 5. The van der Waals surface area contributed by atoms with Gasteiger partial charge in [-0.2, -0.15) is 0 Å². The number of likely N-dealkylation sites (N-methyl/N-ethyl adjacent to an activating group) is 1. The number of amides is 2. The van der Waals surface area contributed by atoms with Crippen molar-refractivity contribution in [2.75, 3.05) is 73.3 Å². The molecule has 2 rings (SSSR count). The van der Waals surface area contributed by atoms with Crippen molar-refractivity contribution >= 4 is 27.6 Å². The second-order valence-electron chi connectivity index (χ2n) is 9.28. The van der Waals surface area contributed by atoms with E-state index in [1.54, 1.807) is 7.11 Å². The van der Waals surface area contributed by atoms with E-state index in [2.05, 4.69) is 83.5 Å². The van der Waals surface area contributed by atoms with E-state index in [1.165, 1.54) is 5.56 Å². The predicted octanol–water partition coefficient (Wildman–Crippen LogP) is 4.16. The van der Waals surface area contributed by atoms with Crippen LogP contribution in [-0.2, 0) is 0 Å². The summed E-state index contributed by atoms with van der Waals surface area (Å²) in [6.07, 6.45) is 0.862. The quantitative estimate of drug-likeness (QED) is 0.404. The molecule has 2 atom stereocenters. The number of carbonyl (C=O) groups is 1. The summed E-state index contributed by atoms with van der Waals surface area (Å²) in [6.45, 7) is 3.55. The number of urea groups is 1. The third-order valence-electron chi connectivity index (χ3n) is 5.67. The fourth-order valence-electron chi connectivity index (χ4n) is 4.13. The van der Waals surface area contributed by atoms with Crippen molar-refractivity contribution in [3.63, 3.8) is 0 Å². The molecule has 3 N–H and O–H groups in total. The molecule has 2 aromatic carbocycles. The Kier molecular flexibility index (Phi) is 11.8. The Morgan fingerprint density at radius 3 is 2.09 bits per heavy atom. The zero-order valence-corrected chi connectivity index (χ0v) is 22.7. The van der Waals surface area contributed by atoms with E-state index >= 15 is 0 Å². The summed E-state index contributed by atoms with van der Waals surface area (Å²) < 4.78 is 6.28. The van der Waals surface area contributed by atoms with Gasteiger partial charge in [0.2, 0.25) is 0 Å². The Morgan fingerprint density at radius 1 is 0.941 bits per heavy atom. The Balaban J connectivity index is 2.29. The molecule has 188 valence electrons. The predicted molar refractivity (Wildman–Crippen MR) is 145 cm³/mol. The first-order chi connectivity index (χ1) is 16.2. The maximum Gasteiger partial charge on any atom is 0.321 e. The highest BCUT2D eigenvalue weighted by Crippen LogP contribution is 2.23. The van der Waals surface area contributed by atoms with Gasteiger partial charge in [-0.25, -0.2) is 4.79 Å². The third-order valence-corrected chi connectivity index (χ3v) is 6.20. The van der Waals surface area contributed by atoms with Crippen molar-refractivity contribution in [1.82, 2.24) is 14.7 Å². The van der Waals surface area contributed by atoms with Crippen LogP contribution in [0.25, 0.3) is 0 Å². The minimum atomic E-state index is -0.105. The summed E-state index contributed by atoms with van der Waals surface area (Å²) in [5.74, 6) is 1.21. The number of carbonyl (C=O) groups excluding carboxylic acids is 1. The SMILES string of the molecule is COc1ccc(NC(=O)N(CC(CCN)CN(C)C)C[C@H](CN(C)C)c2ccc(Br)cc2)cc1. The van der Waals surface area contributed by atoms with E-state index in [0.717, 1.165) is 35.4 Å². The van der Waals surface area contributed by atoms with Crippen LogP contribution in [-0.4, -0.2) is 88.8 Å². The molecular weight excluding hydrogens is 494 g/mol. The number of halogens is 1. The zero-order chi connectivity index (χ0) is 25.1. The second-order valence-corrected chi connectivity index (χ2v) is 10.2. The van der Waals surface area contributed by atoms with E-state index in [9.17, 15) is 4.79 Å². The van der Waals surface area contributed by atoms with Gasteiger partial charge in [-0.3, -0.25) is 0 Å². The highest BCUT2D eigenvalue weighted by atomic mass is 79.9. The van der Waals surface area contributed by atoms with Crippen LogP contribution >= 0.6 is 15.9 Å². The van der Waals surface area contributed by atoms with Crippen LogP contribution in [0.5, 0.6) is 5.75 Å². The summed E-state index contributed by atoms with van der Waals surface area (Å²) in [5.41, 5.74) is 7.87. The molecular formula is C26H40BrN5O2. The lowest BCUT2D eigenvalue weighted by molar-refractivity contribution is 0.180. The average Bonchev–Trinajstić information content (AvgIpc) is 2.78. The molecule has 8 heteroatoms. The van der Waals surface area contributed by atoms with Crippen molar-refractivity contribution in [2.45, 2.75) is 12.3 Å². The summed E-state index contributed by atoms with van der Waals surface area (Å²) in [6, 6.07) is 15.7. The second kappa shape index (κ2) is 14.3. The number of benzene rings is 2. The lowest BCUT2D eigenvalue weighted by Crippen LogP contribution is -2.44.